The Labute approximate surface area is 97.9 Å². The summed E-state index contributed by atoms with van der Waals surface area (Å²) in [6.07, 6.45) is 0. The Morgan fingerprint density at radius 2 is 1.73 bits per heavy atom. The van der Waals surface area contributed by atoms with E-state index in [4.69, 9.17) is 12.2 Å². The first-order valence-corrected chi connectivity index (χ1v) is 9.34. The molecule has 1 aromatic carbocycles. The lowest BCUT2D eigenvalue weighted by Gasteiger charge is -2.46. The molecule has 0 unspecified atom stereocenters. The van der Waals surface area contributed by atoms with E-state index in [1.165, 1.54) is 5.56 Å². The molecule has 2 atom stereocenters. The molecule has 0 bridgehead atoms. The van der Waals surface area contributed by atoms with Gasteiger partial charge in [0, 0.05) is 5.54 Å². The van der Waals surface area contributed by atoms with Crippen molar-refractivity contribution in [3.05, 3.63) is 35.9 Å². The van der Waals surface area contributed by atoms with E-state index in [1.54, 1.807) is 0 Å². The molecule has 1 aromatic rings. The van der Waals surface area contributed by atoms with Crippen LogP contribution in [0.5, 0.6) is 0 Å². The van der Waals surface area contributed by atoms with Crippen molar-refractivity contribution in [3.63, 3.8) is 0 Å². The van der Waals surface area contributed by atoms with Crippen LogP contribution < -0.4 is 5.32 Å². The van der Waals surface area contributed by atoms with Crippen LogP contribution in [-0.4, -0.2) is 13.1 Å². The van der Waals surface area contributed by atoms with Crippen molar-refractivity contribution in [3.8, 4) is 0 Å². The highest BCUT2D eigenvalue weighted by Crippen LogP contribution is 2.42. The molecular formula is C12H17NSSi. The first-order valence-electron chi connectivity index (χ1n) is 5.35. The fraction of sp³-hybridized carbons (Fsp3) is 0.417. The van der Waals surface area contributed by atoms with E-state index in [2.05, 4.69) is 55.3 Å². The topological polar surface area (TPSA) is 12.0 Å². The Bertz CT molecular complexity index is 369. The van der Waals surface area contributed by atoms with Crippen molar-refractivity contribution in [2.75, 3.05) is 0 Å². The number of rotatable bonds is 2. The van der Waals surface area contributed by atoms with Crippen LogP contribution in [0.15, 0.2) is 30.3 Å². The molecule has 0 amide bonds. The largest absolute Gasteiger partial charge is 0.372 e. The SMILES string of the molecule is C[Si](C)(C)[C@@H]1C(=S)N[C@@H]1c1ccccc1. The Morgan fingerprint density at radius 3 is 2.20 bits per heavy atom. The molecule has 0 aromatic heterocycles. The van der Waals surface area contributed by atoms with Crippen LogP contribution in [0.25, 0.3) is 0 Å². The van der Waals surface area contributed by atoms with E-state index < -0.39 is 8.07 Å². The van der Waals surface area contributed by atoms with Gasteiger partial charge in [0.2, 0.25) is 0 Å². The maximum absolute atomic E-state index is 5.35. The number of benzene rings is 1. The molecule has 1 aliphatic rings. The Kier molecular flexibility index (Phi) is 2.69. The molecule has 1 heterocycles. The Morgan fingerprint density at radius 1 is 1.13 bits per heavy atom. The molecule has 0 spiro atoms. The molecule has 1 N–H and O–H groups in total. The average molecular weight is 235 g/mol. The van der Waals surface area contributed by atoms with Gasteiger partial charge in [-0.2, -0.15) is 0 Å². The summed E-state index contributed by atoms with van der Waals surface area (Å²) in [4.78, 5) is 1.07. The third-order valence-electron chi connectivity index (χ3n) is 3.01. The normalized spacial score (nSPS) is 25.7. The molecule has 0 saturated carbocycles. The summed E-state index contributed by atoms with van der Waals surface area (Å²) in [5.41, 5.74) is 1.98. The van der Waals surface area contributed by atoms with Crippen molar-refractivity contribution in [1.82, 2.24) is 5.32 Å². The van der Waals surface area contributed by atoms with E-state index in [-0.39, 0.29) is 0 Å². The van der Waals surface area contributed by atoms with Gasteiger partial charge in [-0.15, -0.1) is 0 Å². The van der Waals surface area contributed by atoms with Crippen LogP contribution >= 0.6 is 12.2 Å². The van der Waals surface area contributed by atoms with Crippen LogP contribution in [0.1, 0.15) is 11.6 Å². The lowest BCUT2D eigenvalue weighted by molar-refractivity contribution is 0.576. The molecule has 0 aliphatic carbocycles. The summed E-state index contributed by atoms with van der Waals surface area (Å²) < 4.78 is 0. The van der Waals surface area contributed by atoms with E-state index in [9.17, 15) is 0 Å². The van der Waals surface area contributed by atoms with Gasteiger partial charge in [-0.1, -0.05) is 62.2 Å². The molecule has 0 radical (unpaired) electrons. The van der Waals surface area contributed by atoms with Gasteiger partial charge in [0.1, 0.15) is 0 Å². The molecule has 1 saturated heterocycles. The zero-order valence-corrected chi connectivity index (χ0v) is 11.3. The number of thiocarbonyl (C=S) groups is 1. The van der Waals surface area contributed by atoms with Gasteiger partial charge in [0.15, 0.2) is 0 Å². The summed E-state index contributed by atoms with van der Waals surface area (Å²) in [6.45, 7) is 7.17. The van der Waals surface area contributed by atoms with Crippen LogP contribution in [0.2, 0.25) is 25.2 Å². The number of hydrogen-bond donors (Lipinski definition) is 1. The minimum Gasteiger partial charge on any atom is -0.372 e. The molecule has 1 fully saturated rings. The summed E-state index contributed by atoms with van der Waals surface area (Å²) >= 11 is 5.35. The third kappa shape index (κ3) is 1.99. The van der Waals surface area contributed by atoms with E-state index in [0.29, 0.717) is 11.6 Å². The van der Waals surface area contributed by atoms with Crippen LogP contribution in [-0.2, 0) is 0 Å². The highest BCUT2D eigenvalue weighted by molar-refractivity contribution is 7.80. The van der Waals surface area contributed by atoms with Gasteiger partial charge < -0.3 is 5.32 Å². The van der Waals surface area contributed by atoms with Crippen molar-refractivity contribution in [1.29, 1.82) is 0 Å². The summed E-state index contributed by atoms with van der Waals surface area (Å²) in [7, 11) is -1.19. The van der Waals surface area contributed by atoms with E-state index in [0.717, 1.165) is 4.99 Å². The highest BCUT2D eigenvalue weighted by atomic mass is 32.1. The smallest absolute Gasteiger partial charge is 0.0786 e. The molecule has 80 valence electrons. The van der Waals surface area contributed by atoms with Crippen LogP contribution in [0.3, 0.4) is 0 Å². The molecule has 1 nitrogen and oxygen atoms in total. The van der Waals surface area contributed by atoms with Gasteiger partial charge in [0.05, 0.1) is 19.1 Å². The predicted octanol–water partition coefficient (Wildman–Crippen LogP) is 3.37. The maximum atomic E-state index is 5.35. The quantitative estimate of drug-likeness (QED) is 0.623. The average Bonchev–Trinajstić information content (AvgIpc) is 2.12. The summed E-state index contributed by atoms with van der Waals surface area (Å²) in [5, 5.41) is 3.38. The minimum atomic E-state index is -1.19. The fourth-order valence-electron chi connectivity index (χ4n) is 2.21. The maximum Gasteiger partial charge on any atom is 0.0786 e. The summed E-state index contributed by atoms with van der Waals surface area (Å²) in [5.74, 6) is 0. The lowest BCUT2D eigenvalue weighted by Crippen LogP contribution is -2.55. The van der Waals surface area contributed by atoms with Crippen molar-refractivity contribution < 1.29 is 0 Å². The third-order valence-corrected chi connectivity index (χ3v) is 6.07. The first kappa shape index (κ1) is 10.8. The monoisotopic (exact) mass is 235 g/mol. The van der Waals surface area contributed by atoms with Gasteiger partial charge in [-0.25, -0.2) is 0 Å². The number of hydrogen-bond acceptors (Lipinski definition) is 1. The van der Waals surface area contributed by atoms with Crippen molar-refractivity contribution in [2.45, 2.75) is 31.2 Å². The second-order valence-electron chi connectivity index (χ2n) is 5.24. The molecule has 2 rings (SSSR count). The highest BCUT2D eigenvalue weighted by Gasteiger charge is 2.45. The van der Waals surface area contributed by atoms with Crippen molar-refractivity contribution >= 4 is 25.3 Å². The van der Waals surface area contributed by atoms with Crippen LogP contribution in [0.4, 0.5) is 0 Å². The molecule has 3 heteroatoms. The zero-order chi connectivity index (χ0) is 11.1. The molecular weight excluding hydrogens is 218 g/mol. The zero-order valence-electron chi connectivity index (χ0n) is 9.45. The van der Waals surface area contributed by atoms with Gasteiger partial charge >= 0.3 is 0 Å². The standard InChI is InChI=1S/C12H17NSSi/c1-15(2,3)11-10(13-12(11)14)9-7-5-4-6-8-9/h4-8,10-11H,1-3H3,(H,13,14)/t10-,11+/m1/s1. The number of nitrogens with one attached hydrogen (secondary N) is 1. The Hall–Kier alpha value is -0.673. The first-order chi connectivity index (χ1) is 7.00. The van der Waals surface area contributed by atoms with Gasteiger partial charge in [-0.3, -0.25) is 0 Å². The van der Waals surface area contributed by atoms with E-state index >= 15 is 0 Å². The van der Waals surface area contributed by atoms with Gasteiger partial charge in [-0.05, 0) is 5.56 Å². The second kappa shape index (κ2) is 3.72. The van der Waals surface area contributed by atoms with Crippen LogP contribution in [0, 0.1) is 0 Å². The summed E-state index contributed by atoms with van der Waals surface area (Å²) in [6, 6.07) is 11.1. The van der Waals surface area contributed by atoms with E-state index in [1.807, 2.05) is 0 Å². The molecule has 15 heavy (non-hydrogen) atoms. The lowest BCUT2D eigenvalue weighted by atomic mass is 9.97. The fourth-order valence-corrected chi connectivity index (χ4v) is 5.68. The second-order valence-corrected chi connectivity index (χ2v) is 11.0. The van der Waals surface area contributed by atoms with Crippen molar-refractivity contribution in [2.24, 2.45) is 0 Å². The predicted molar refractivity (Wildman–Crippen MR) is 72.0 cm³/mol. The Balaban J connectivity index is 2.23. The van der Waals surface area contributed by atoms with Gasteiger partial charge in [0.25, 0.3) is 0 Å². The minimum absolute atomic E-state index is 0.463. The molecule has 1 aliphatic heterocycles.